The minimum absolute atomic E-state index is 0.144. The van der Waals surface area contributed by atoms with Gasteiger partial charge < -0.3 is 14.4 Å². The van der Waals surface area contributed by atoms with E-state index in [2.05, 4.69) is 4.90 Å². The van der Waals surface area contributed by atoms with Gasteiger partial charge in [0.15, 0.2) is 0 Å². The van der Waals surface area contributed by atoms with E-state index in [1.807, 2.05) is 4.90 Å². The van der Waals surface area contributed by atoms with Gasteiger partial charge in [-0.3, -0.25) is 14.5 Å². The third-order valence-electron chi connectivity index (χ3n) is 4.95. The third-order valence-corrected chi connectivity index (χ3v) is 4.95. The second kappa shape index (κ2) is 10.7. The van der Waals surface area contributed by atoms with Crippen LogP contribution < -0.4 is 0 Å². The Kier molecular flexibility index (Phi) is 8.53. The maximum Gasteiger partial charge on any atom is 0.307 e. The van der Waals surface area contributed by atoms with E-state index in [9.17, 15) is 9.59 Å². The van der Waals surface area contributed by atoms with Crippen molar-refractivity contribution in [2.75, 3.05) is 52.5 Å². The Morgan fingerprint density at radius 1 is 1.12 bits per heavy atom. The number of carbonyl (C=O) groups is 2. The molecule has 24 heavy (non-hydrogen) atoms. The number of nitrogens with zero attached hydrogens (tertiary/aromatic N) is 2. The van der Waals surface area contributed by atoms with Crippen LogP contribution in [-0.2, 0) is 19.1 Å². The molecular weight excluding hydrogens is 308 g/mol. The first-order valence-electron chi connectivity index (χ1n) is 9.45. The molecule has 0 unspecified atom stereocenters. The first-order chi connectivity index (χ1) is 11.7. The Bertz CT molecular complexity index is 390. The van der Waals surface area contributed by atoms with Gasteiger partial charge in [0.25, 0.3) is 0 Å². The minimum Gasteiger partial charge on any atom is -0.466 e. The maximum absolute atomic E-state index is 12.9. The third kappa shape index (κ3) is 6.40. The molecule has 1 amide bonds. The van der Waals surface area contributed by atoms with Crippen LogP contribution in [0.5, 0.6) is 0 Å². The van der Waals surface area contributed by atoms with Crippen molar-refractivity contribution in [3.05, 3.63) is 0 Å². The van der Waals surface area contributed by atoms with Crippen molar-refractivity contribution in [3.63, 3.8) is 0 Å². The van der Waals surface area contributed by atoms with Crippen LogP contribution in [0.25, 0.3) is 0 Å². The summed E-state index contributed by atoms with van der Waals surface area (Å²) in [4.78, 5) is 28.8. The smallest absolute Gasteiger partial charge is 0.307 e. The summed E-state index contributed by atoms with van der Waals surface area (Å²) in [7, 11) is 0. The molecule has 1 aliphatic heterocycles. The van der Waals surface area contributed by atoms with E-state index in [4.69, 9.17) is 9.47 Å². The topological polar surface area (TPSA) is 59.1 Å². The number of ether oxygens (including phenoxy) is 2. The van der Waals surface area contributed by atoms with Crippen LogP contribution in [0.3, 0.4) is 0 Å². The fraction of sp³-hybridized carbons (Fsp3) is 0.889. The largest absolute Gasteiger partial charge is 0.466 e. The number of esters is 1. The van der Waals surface area contributed by atoms with Gasteiger partial charge in [0.2, 0.25) is 5.91 Å². The fourth-order valence-corrected chi connectivity index (χ4v) is 3.49. The Hall–Kier alpha value is -1.14. The summed E-state index contributed by atoms with van der Waals surface area (Å²) in [5.41, 5.74) is 0. The normalized spacial score (nSPS) is 19.9. The van der Waals surface area contributed by atoms with Crippen LogP contribution in [0, 0.1) is 5.92 Å². The average Bonchev–Trinajstić information content (AvgIpc) is 2.63. The highest BCUT2D eigenvalue weighted by Gasteiger charge is 2.26. The summed E-state index contributed by atoms with van der Waals surface area (Å²) in [6.07, 6.45) is 5.80. The van der Waals surface area contributed by atoms with Gasteiger partial charge in [-0.1, -0.05) is 19.3 Å². The highest BCUT2D eigenvalue weighted by atomic mass is 16.5. The van der Waals surface area contributed by atoms with Crippen LogP contribution >= 0.6 is 0 Å². The molecule has 1 saturated heterocycles. The monoisotopic (exact) mass is 340 g/mol. The van der Waals surface area contributed by atoms with E-state index >= 15 is 0 Å². The summed E-state index contributed by atoms with van der Waals surface area (Å²) >= 11 is 0. The van der Waals surface area contributed by atoms with Gasteiger partial charge in [-0.05, 0) is 19.8 Å². The van der Waals surface area contributed by atoms with Gasteiger partial charge in [-0.2, -0.15) is 0 Å². The van der Waals surface area contributed by atoms with Crippen molar-refractivity contribution >= 4 is 11.9 Å². The second-order valence-corrected chi connectivity index (χ2v) is 6.67. The van der Waals surface area contributed by atoms with Gasteiger partial charge in [-0.25, -0.2) is 0 Å². The molecule has 2 fully saturated rings. The van der Waals surface area contributed by atoms with Crippen molar-refractivity contribution in [1.82, 2.24) is 9.80 Å². The number of hydrogen-bond acceptors (Lipinski definition) is 5. The van der Waals surface area contributed by atoms with Crippen molar-refractivity contribution in [3.8, 4) is 0 Å². The van der Waals surface area contributed by atoms with Gasteiger partial charge in [0, 0.05) is 38.6 Å². The van der Waals surface area contributed by atoms with Crippen molar-refractivity contribution < 1.29 is 19.1 Å². The van der Waals surface area contributed by atoms with Crippen LogP contribution in [0.2, 0.25) is 0 Å². The minimum atomic E-state index is -0.217. The molecule has 2 aliphatic rings. The Morgan fingerprint density at radius 3 is 2.50 bits per heavy atom. The SMILES string of the molecule is CCOC(=O)CCN(CCN1CCOCC1)C(=O)C1CCCCC1. The highest BCUT2D eigenvalue weighted by molar-refractivity contribution is 5.79. The summed E-state index contributed by atoms with van der Waals surface area (Å²) in [6, 6.07) is 0. The van der Waals surface area contributed by atoms with Gasteiger partial charge in [0.1, 0.15) is 0 Å². The van der Waals surface area contributed by atoms with Crippen LogP contribution in [-0.4, -0.2) is 74.2 Å². The Morgan fingerprint density at radius 2 is 1.83 bits per heavy atom. The van der Waals surface area contributed by atoms with Gasteiger partial charge in [0.05, 0.1) is 26.2 Å². The first kappa shape index (κ1) is 19.2. The van der Waals surface area contributed by atoms with E-state index in [-0.39, 0.29) is 24.2 Å². The lowest BCUT2D eigenvalue weighted by Crippen LogP contribution is -2.45. The molecule has 0 aromatic rings. The molecular formula is C18H32N2O4. The zero-order valence-electron chi connectivity index (χ0n) is 15.0. The molecule has 6 nitrogen and oxygen atoms in total. The zero-order valence-corrected chi connectivity index (χ0v) is 15.0. The number of amides is 1. The Balaban J connectivity index is 1.86. The molecule has 0 atom stereocenters. The standard InChI is InChI=1S/C18H32N2O4/c1-2-24-17(21)8-9-20(11-10-19-12-14-23-15-13-19)18(22)16-6-4-3-5-7-16/h16H,2-15H2,1H3. The summed E-state index contributed by atoms with van der Waals surface area (Å²) in [5.74, 6) is 0.156. The van der Waals surface area contributed by atoms with Gasteiger partial charge >= 0.3 is 5.97 Å². The van der Waals surface area contributed by atoms with Crippen molar-refractivity contribution in [2.45, 2.75) is 45.4 Å². The molecule has 0 radical (unpaired) electrons. The van der Waals surface area contributed by atoms with Gasteiger partial charge in [-0.15, -0.1) is 0 Å². The molecule has 0 bridgehead atoms. The highest BCUT2D eigenvalue weighted by Crippen LogP contribution is 2.25. The lowest BCUT2D eigenvalue weighted by atomic mass is 9.88. The number of hydrogen-bond donors (Lipinski definition) is 0. The molecule has 1 heterocycles. The van der Waals surface area contributed by atoms with Crippen LogP contribution in [0.1, 0.15) is 45.4 Å². The predicted octanol–water partition coefficient (Wildman–Crippen LogP) is 1.68. The summed E-state index contributed by atoms with van der Waals surface area (Å²) in [6.45, 7) is 7.58. The first-order valence-corrected chi connectivity index (χ1v) is 9.45. The Labute approximate surface area is 145 Å². The number of rotatable bonds is 8. The lowest BCUT2D eigenvalue weighted by molar-refractivity contribution is -0.144. The van der Waals surface area contributed by atoms with E-state index in [0.717, 1.165) is 58.5 Å². The fourth-order valence-electron chi connectivity index (χ4n) is 3.49. The molecule has 0 spiro atoms. The number of morpholine rings is 1. The molecule has 1 saturated carbocycles. The molecule has 1 aliphatic carbocycles. The molecule has 0 aromatic carbocycles. The molecule has 138 valence electrons. The maximum atomic E-state index is 12.9. The zero-order chi connectivity index (χ0) is 17.2. The second-order valence-electron chi connectivity index (χ2n) is 6.67. The summed E-state index contributed by atoms with van der Waals surface area (Å²) in [5, 5.41) is 0. The van der Waals surface area contributed by atoms with Crippen molar-refractivity contribution in [1.29, 1.82) is 0 Å². The van der Waals surface area contributed by atoms with E-state index < -0.39 is 0 Å². The molecule has 0 aromatic heterocycles. The van der Waals surface area contributed by atoms with E-state index in [1.165, 1.54) is 6.42 Å². The quantitative estimate of drug-likeness (QED) is 0.629. The van der Waals surface area contributed by atoms with E-state index in [0.29, 0.717) is 19.7 Å². The number of carbonyl (C=O) groups excluding carboxylic acids is 2. The van der Waals surface area contributed by atoms with Crippen LogP contribution in [0.4, 0.5) is 0 Å². The lowest BCUT2D eigenvalue weighted by Gasteiger charge is -2.32. The molecule has 6 heteroatoms. The molecule has 0 N–H and O–H groups in total. The predicted molar refractivity (Wildman–Crippen MR) is 91.7 cm³/mol. The van der Waals surface area contributed by atoms with E-state index in [1.54, 1.807) is 6.92 Å². The van der Waals surface area contributed by atoms with Crippen LogP contribution in [0.15, 0.2) is 0 Å². The summed E-state index contributed by atoms with van der Waals surface area (Å²) < 4.78 is 10.4. The molecule has 2 rings (SSSR count). The average molecular weight is 340 g/mol. The van der Waals surface area contributed by atoms with Crippen molar-refractivity contribution in [2.24, 2.45) is 5.92 Å².